The van der Waals surface area contributed by atoms with E-state index in [0.29, 0.717) is 5.69 Å². The van der Waals surface area contributed by atoms with Gasteiger partial charge in [-0.3, -0.25) is 13.9 Å². The smallest absolute Gasteiger partial charge is 0.332 e. The molecule has 1 N–H and O–H groups in total. The van der Waals surface area contributed by atoms with E-state index < -0.39 is 11.2 Å². The van der Waals surface area contributed by atoms with Crippen molar-refractivity contribution in [2.45, 2.75) is 0 Å². The molecule has 0 aliphatic carbocycles. The maximum absolute atomic E-state index is 12.5. The number of nitrogens with zero attached hydrogens (tertiary/aromatic N) is 6. The summed E-state index contributed by atoms with van der Waals surface area (Å²) in [6.45, 7) is 0. The van der Waals surface area contributed by atoms with Gasteiger partial charge in [-0.1, -0.05) is 18.2 Å². The summed E-state index contributed by atoms with van der Waals surface area (Å²) in [5.74, 6) is 0.0617. The van der Waals surface area contributed by atoms with Crippen molar-refractivity contribution in [3.8, 4) is 0 Å². The molecule has 0 unspecified atom stereocenters. The van der Waals surface area contributed by atoms with Crippen LogP contribution in [-0.2, 0) is 14.1 Å². The summed E-state index contributed by atoms with van der Waals surface area (Å²) in [5, 5.41) is 6.83. The van der Waals surface area contributed by atoms with Gasteiger partial charge in [0.05, 0.1) is 5.69 Å². The summed E-state index contributed by atoms with van der Waals surface area (Å²) in [7, 11) is 2.90. The maximum Gasteiger partial charge on any atom is 0.332 e. The molecule has 1 aromatic carbocycles. The number of fused-ring (bicyclic) bond motifs is 1. The molecule has 0 saturated carbocycles. The monoisotopic (exact) mass is 323 g/mol. The van der Waals surface area contributed by atoms with Crippen LogP contribution in [0.15, 0.2) is 51.1 Å². The summed E-state index contributed by atoms with van der Waals surface area (Å²) >= 11 is 0. The summed E-state index contributed by atoms with van der Waals surface area (Å²) in [6, 6.07) is 10.7. The summed E-state index contributed by atoms with van der Waals surface area (Å²) in [5.41, 5.74) is 8.96. The van der Waals surface area contributed by atoms with Gasteiger partial charge in [0, 0.05) is 24.7 Å². The Kier molecular flexibility index (Phi) is 3.77. The third-order valence-corrected chi connectivity index (χ3v) is 3.60. The van der Waals surface area contributed by atoms with E-state index >= 15 is 0 Å². The Balaban J connectivity index is 2.39. The molecule has 3 rings (SSSR count). The van der Waals surface area contributed by atoms with Crippen molar-refractivity contribution >= 4 is 28.2 Å². The molecule has 0 radical (unpaired) electrons. The van der Waals surface area contributed by atoms with Gasteiger partial charge in [0.1, 0.15) is 11.2 Å². The van der Waals surface area contributed by atoms with Gasteiger partial charge < -0.3 is 5.32 Å². The molecular weight excluding hydrogens is 310 g/mol. The van der Waals surface area contributed by atoms with E-state index in [9.17, 15) is 9.59 Å². The number of aromatic nitrogens is 3. The molecule has 9 heteroatoms. The van der Waals surface area contributed by atoms with Crippen LogP contribution in [0.1, 0.15) is 0 Å². The van der Waals surface area contributed by atoms with Crippen LogP contribution in [-0.4, -0.2) is 14.1 Å². The zero-order valence-corrected chi connectivity index (χ0v) is 13.0. The first-order chi connectivity index (χ1) is 11.5. The summed E-state index contributed by atoms with van der Waals surface area (Å²) < 4.78 is 2.25. The number of anilines is 2. The lowest BCUT2D eigenvalue weighted by atomic mass is 10.2. The minimum absolute atomic E-state index is 0.0617. The second-order valence-electron chi connectivity index (χ2n) is 5.11. The first-order valence-corrected chi connectivity index (χ1v) is 7.01. The average molecular weight is 323 g/mol. The average Bonchev–Trinajstić information content (AvgIpc) is 2.59. The molecule has 3 aromatic rings. The highest BCUT2D eigenvalue weighted by molar-refractivity contribution is 5.92. The summed E-state index contributed by atoms with van der Waals surface area (Å²) in [4.78, 5) is 31.5. The molecule has 9 nitrogen and oxygen atoms in total. The van der Waals surface area contributed by atoms with E-state index in [4.69, 9.17) is 5.53 Å². The van der Waals surface area contributed by atoms with Crippen LogP contribution >= 0.6 is 0 Å². The van der Waals surface area contributed by atoms with Crippen molar-refractivity contribution in [1.29, 1.82) is 0 Å². The first-order valence-electron chi connectivity index (χ1n) is 7.01. The minimum Gasteiger partial charge on any atom is -0.355 e. The number of azide groups is 1. The van der Waals surface area contributed by atoms with Crippen molar-refractivity contribution in [3.63, 3.8) is 0 Å². The second kappa shape index (κ2) is 5.90. The minimum atomic E-state index is -0.510. The number of hydrogen-bond donors (Lipinski definition) is 1. The lowest BCUT2D eigenvalue weighted by Gasteiger charge is -2.13. The number of hydrogen-bond acceptors (Lipinski definition) is 5. The van der Waals surface area contributed by atoms with E-state index in [1.165, 1.54) is 24.7 Å². The van der Waals surface area contributed by atoms with Crippen LogP contribution in [0.4, 0.5) is 17.2 Å². The molecular formula is C15H13N7O2. The molecule has 0 atom stereocenters. The number of aryl methyl sites for hydroxylation is 1. The number of nitrogens with one attached hydrogen (secondary N) is 1. The largest absolute Gasteiger partial charge is 0.355 e. The Morgan fingerprint density at radius 3 is 2.54 bits per heavy atom. The molecule has 120 valence electrons. The fourth-order valence-electron chi connectivity index (χ4n) is 2.41. The molecule has 0 spiro atoms. The van der Waals surface area contributed by atoms with Crippen LogP contribution in [0.2, 0.25) is 0 Å². The van der Waals surface area contributed by atoms with Crippen LogP contribution in [0.5, 0.6) is 0 Å². The second-order valence-corrected chi connectivity index (χ2v) is 5.11. The van der Waals surface area contributed by atoms with Gasteiger partial charge in [-0.25, -0.2) is 9.78 Å². The predicted octanol–water partition coefficient (Wildman–Crippen LogP) is 2.32. The molecule has 2 aromatic heterocycles. The van der Waals surface area contributed by atoms with Crippen molar-refractivity contribution < 1.29 is 0 Å². The fourth-order valence-corrected chi connectivity index (χ4v) is 2.41. The van der Waals surface area contributed by atoms with Gasteiger partial charge in [-0.15, -0.1) is 0 Å². The van der Waals surface area contributed by atoms with Crippen LogP contribution in [0, 0.1) is 0 Å². The molecule has 0 bridgehead atoms. The van der Waals surface area contributed by atoms with Gasteiger partial charge in [0.25, 0.3) is 5.56 Å². The van der Waals surface area contributed by atoms with E-state index in [1.807, 2.05) is 30.3 Å². The van der Waals surface area contributed by atoms with Crippen molar-refractivity contribution in [2.75, 3.05) is 5.32 Å². The third kappa shape index (κ3) is 2.49. The molecule has 0 fully saturated rings. The van der Waals surface area contributed by atoms with Gasteiger partial charge in [-0.2, -0.15) is 0 Å². The fraction of sp³-hybridized carbons (Fsp3) is 0.133. The van der Waals surface area contributed by atoms with Crippen molar-refractivity contribution in [3.05, 3.63) is 67.7 Å². The van der Waals surface area contributed by atoms with Crippen molar-refractivity contribution in [2.24, 2.45) is 19.2 Å². The highest BCUT2D eigenvalue weighted by Crippen LogP contribution is 2.26. The normalized spacial score (nSPS) is 10.4. The van der Waals surface area contributed by atoms with Gasteiger partial charge in [0.2, 0.25) is 0 Å². The van der Waals surface area contributed by atoms with Crippen LogP contribution < -0.4 is 16.6 Å². The molecule has 0 saturated heterocycles. The lowest BCUT2D eigenvalue weighted by molar-refractivity contribution is 0.708. The van der Waals surface area contributed by atoms with E-state index in [2.05, 4.69) is 20.3 Å². The Hall–Kier alpha value is -3.58. The highest BCUT2D eigenvalue weighted by Gasteiger charge is 2.15. The standard InChI is InChI=1S/C15H13N7O2/c1-21-13-12(14(23)22(2)15(21)24)10(8-11(18-13)19-20-16)17-9-6-4-3-5-7-9/h3-8H,1-2H3,(H,17,18). The molecule has 0 aliphatic rings. The zero-order chi connectivity index (χ0) is 17.3. The van der Waals surface area contributed by atoms with Gasteiger partial charge >= 0.3 is 5.69 Å². The molecule has 24 heavy (non-hydrogen) atoms. The SMILES string of the molecule is Cn1c(=O)c2c(Nc3ccccc3)cc(N=[N+]=[N-])nc2n(C)c1=O. The first kappa shape index (κ1) is 15.3. The van der Waals surface area contributed by atoms with Gasteiger partial charge in [0.15, 0.2) is 5.65 Å². The van der Waals surface area contributed by atoms with Crippen LogP contribution in [0.3, 0.4) is 0 Å². The molecule has 2 heterocycles. The Labute approximate surface area is 135 Å². The Bertz CT molecular complexity index is 1090. The number of rotatable bonds is 3. The number of benzene rings is 1. The van der Waals surface area contributed by atoms with E-state index in [1.54, 1.807) is 0 Å². The highest BCUT2D eigenvalue weighted by atomic mass is 16.2. The van der Waals surface area contributed by atoms with Crippen molar-refractivity contribution in [1.82, 2.24) is 14.1 Å². The quantitative estimate of drug-likeness (QED) is 0.452. The van der Waals surface area contributed by atoms with Gasteiger partial charge in [-0.05, 0) is 28.8 Å². The maximum atomic E-state index is 12.5. The summed E-state index contributed by atoms with van der Waals surface area (Å²) in [6.07, 6.45) is 0. The number of pyridine rings is 1. The Morgan fingerprint density at radius 2 is 1.88 bits per heavy atom. The number of para-hydroxylation sites is 1. The zero-order valence-electron chi connectivity index (χ0n) is 13.0. The third-order valence-electron chi connectivity index (χ3n) is 3.60. The van der Waals surface area contributed by atoms with E-state index in [-0.39, 0.29) is 16.9 Å². The van der Waals surface area contributed by atoms with Crippen LogP contribution in [0.25, 0.3) is 21.5 Å². The Morgan fingerprint density at radius 1 is 1.17 bits per heavy atom. The lowest BCUT2D eigenvalue weighted by Crippen LogP contribution is -2.37. The van der Waals surface area contributed by atoms with E-state index in [0.717, 1.165) is 10.3 Å². The molecule has 0 aliphatic heterocycles. The predicted molar refractivity (Wildman–Crippen MR) is 90.8 cm³/mol. The topological polar surface area (TPSA) is 118 Å². The molecule has 0 amide bonds.